The predicted octanol–water partition coefficient (Wildman–Crippen LogP) is 4.96. The van der Waals surface area contributed by atoms with Gasteiger partial charge >= 0.3 is 0 Å². The van der Waals surface area contributed by atoms with Crippen LogP contribution in [0, 0.1) is 16.6 Å². The second kappa shape index (κ2) is 4.39. The van der Waals surface area contributed by atoms with Crippen LogP contribution in [0.5, 0.6) is 0 Å². The predicted molar refractivity (Wildman–Crippen MR) is 78.7 cm³/mol. The molecule has 1 fully saturated rings. The van der Waals surface area contributed by atoms with Gasteiger partial charge in [-0.15, -0.1) is 0 Å². The van der Waals surface area contributed by atoms with E-state index >= 15 is 0 Å². The summed E-state index contributed by atoms with van der Waals surface area (Å²) < 4.78 is 3.06. The van der Waals surface area contributed by atoms with Crippen LogP contribution in [0.1, 0.15) is 32.7 Å². The molecular weight excluding hydrogens is 264 g/mol. The molecule has 0 radical (unpaired) electrons. The standard InChI is InChI=1S/C14H17ClN2S/c1-8-6-7-11(9(8)2)17-12-5-3-4-10(15)13(12)16-14(17)18/h3-5,8-9,11H,6-7H2,1-2H3,(H,16,18). The number of H-pyrrole nitrogens is 1. The molecule has 1 aromatic heterocycles. The molecule has 1 N–H and O–H groups in total. The zero-order valence-corrected chi connectivity index (χ0v) is 12.2. The van der Waals surface area contributed by atoms with Crippen molar-refractivity contribution in [3.63, 3.8) is 0 Å². The highest BCUT2D eigenvalue weighted by Gasteiger charge is 2.32. The van der Waals surface area contributed by atoms with E-state index in [1.54, 1.807) is 0 Å². The molecule has 0 bridgehead atoms. The lowest BCUT2D eigenvalue weighted by Crippen LogP contribution is -2.14. The Morgan fingerprint density at radius 3 is 2.78 bits per heavy atom. The van der Waals surface area contributed by atoms with Gasteiger partial charge in [-0.3, -0.25) is 0 Å². The van der Waals surface area contributed by atoms with Crippen LogP contribution in [0.4, 0.5) is 0 Å². The van der Waals surface area contributed by atoms with E-state index in [0.29, 0.717) is 12.0 Å². The zero-order valence-electron chi connectivity index (χ0n) is 10.6. The second-order valence-corrected chi connectivity index (χ2v) is 6.21. The van der Waals surface area contributed by atoms with Gasteiger partial charge in [0.2, 0.25) is 0 Å². The van der Waals surface area contributed by atoms with Crippen LogP contribution in [-0.2, 0) is 0 Å². The lowest BCUT2D eigenvalue weighted by Gasteiger charge is -2.20. The first-order chi connectivity index (χ1) is 8.59. The summed E-state index contributed by atoms with van der Waals surface area (Å²) in [5, 5.41) is 0.746. The van der Waals surface area contributed by atoms with E-state index in [9.17, 15) is 0 Å². The van der Waals surface area contributed by atoms with Gasteiger partial charge in [0.25, 0.3) is 0 Å². The molecule has 2 nitrogen and oxygen atoms in total. The van der Waals surface area contributed by atoms with Crippen LogP contribution in [0.25, 0.3) is 11.0 Å². The number of nitrogens with zero attached hydrogens (tertiary/aromatic N) is 1. The topological polar surface area (TPSA) is 20.7 Å². The third kappa shape index (κ3) is 1.72. The van der Waals surface area contributed by atoms with E-state index in [-0.39, 0.29) is 0 Å². The smallest absolute Gasteiger partial charge is 0.178 e. The minimum atomic E-state index is 0.500. The lowest BCUT2D eigenvalue weighted by molar-refractivity contribution is 0.356. The molecule has 0 spiro atoms. The maximum atomic E-state index is 6.22. The fraction of sp³-hybridized carbons (Fsp3) is 0.500. The number of para-hydroxylation sites is 1. The number of rotatable bonds is 1. The number of hydrogen-bond acceptors (Lipinski definition) is 1. The average Bonchev–Trinajstić information content (AvgIpc) is 2.83. The van der Waals surface area contributed by atoms with Gasteiger partial charge in [0.15, 0.2) is 4.77 Å². The summed E-state index contributed by atoms with van der Waals surface area (Å²) in [5.41, 5.74) is 2.11. The summed E-state index contributed by atoms with van der Waals surface area (Å²) in [6, 6.07) is 6.50. The molecule has 96 valence electrons. The maximum absolute atomic E-state index is 6.22. The minimum absolute atomic E-state index is 0.500. The highest BCUT2D eigenvalue weighted by molar-refractivity contribution is 7.71. The highest BCUT2D eigenvalue weighted by Crippen LogP contribution is 2.41. The molecular formula is C14H17ClN2S. The minimum Gasteiger partial charge on any atom is -0.329 e. The molecule has 3 unspecified atom stereocenters. The lowest BCUT2D eigenvalue weighted by atomic mass is 9.97. The van der Waals surface area contributed by atoms with Crippen LogP contribution < -0.4 is 0 Å². The molecule has 18 heavy (non-hydrogen) atoms. The van der Waals surface area contributed by atoms with Gasteiger partial charge < -0.3 is 9.55 Å². The van der Waals surface area contributed by atoms with Crippen molar-refractivity contribution < 1.29 is 0 Å². The van der Waals surface area contributed by atoms with Crippen molar-refractivity contribution in [3.05, 3.63) is 28.0 Å². The Balaban J connectivity index is 2.21. The van der Waals surface area contributed by atoms with Crippen LogP contribution in [0.2, 0.25) is 5.02 Å². The van der Waals surface area contributed by atoms with E-state index in [4.69, 9.17) is 23.8 Å². The first-order valence-corrected chi connectivity index (χ1v) is 7.27. The van der Waals surface area contributed by atoms with Crippen molar-refractivity contribution in [2.45, 2.75) is 32.7 Å². The molecule has 1 saturated carbocycles. The summed E-state index contributed by atoms with van der Waals surface area (Å²) >= 11 is 11.7. The van der Waals surface area contributed by atoms with Gasteiger partial charge in [0.1, 0.15) is 0 Å². The molecule has 1 aromatic carbocycles. The zero-order chi connectivity index (χ0) is 12.9. The van der Waals surface area contributed by atoms with Crippen LogP contribution in [0.15, 0.2) is 18.2 Å². The molecule has 4 heteroatoms. The number of aromatic nitrogens is 2. The van der Waals surface area contributed by atoms with E-state index in [0.717, 1.165) is 26.7 Å². The van der Waals surface area contributed by atoms with E-state index in [1.165, 1.54) is 12.8 Å². The summed E-state index contributed by atoms with van der Waals surface area (Å²) in [6.07, 6.45) is 2.48. The molecule has 1 heterocycles. The fourth-order valence-corrected chi connectivity index (χ4v) is 3.70. The summed E-state index contributed by atoms with van der Waals surface area (Å²) in [6.45, 7) is 4.66. The number of aromatic amines is 1. The molecule has 3 atom stereocenters. The normalized spacial score (nSPS) is 28.1. The molecule has 0 amide bonds. The van der Waals surface area contributed by atoms with Crippen molar-refractivity contribution in [3.8, 4) is 0 Å². The van der Waals surface area contributed by atoms with Gasteiger partial charge in [-0.05, 0) is 49.0 Å². The Bertz CT molecular complexity index is 643. The summed E-state index contributed by atoms with van der Waals surface area (Å²) in [4.78, 5) is 3.25. The highest BCUT2D eigenvalue weighted by atomic mass is 35.5. The SMILES string of the molecule is CC1CCC(n2c(=S)[nH]c3c(Cl)cccc32)C1C. The number of fused-ring (bicyclic) bond motifs is 1. The van der Waals surface area contributed by atoms with Gasteiger partial charge in [-0.25, -0.2) is 0 Å². The number of nitrogens with one attached hydrogen (secondary N) is 1. The molecule has 3 rings (SSSR count). The van der Waals surface area contributed by atoms with Crippen molar-refractivity contribution in [1.29, 1.82) is 0 Å². The van der Waals surface area contributed by atoms with E-state index in [1.807, 2.05) is 12.1 Å². The molecule has 0 saturated heterocycles. The van der Waals surface area contributed by atoms with Gasteiger partial charge in [0.05, 0.1) is 16.1 Å². The van der Waals surface area contributed by atoms with Crippen molar-refractivity contribution in [2.75, 3.05) is 0 Å². The Hall–Kier alpha value is -0.800. The maximum Gasteiger partial charge on any atom is 0.178 e. The van der Waals surface area contributed by atoms with Gasteiger partial charge in [0, 0.05) is 6.04 Å². The van der Waals surface area contributed by atoms with Crippen molar-refractivity contribution >= 4 is 34.9 Å². The molecule has 1 aliphatic rings. The first-order valence-electron chi connectivity index (χ1n) is 6.48. The summed E-state index contributed by atoms with van der Waals surface area (Å²) in [7, 11) is 0. The second-order valence-electron chi connectivity index (χ2n) is 5.42. The fourth-order valence-electron chi connectivity index (χ4n) is 3.15. The largest absolute Gasteiger partial charge is 0.329 e. The Kier molecular flexibility index (Phi) is 2.99. The van der Waals surface area contributed by atoms with Crippen molar-refractivity contribution in [1.82, 2.24) is 9.55 Å². The average molecular weight is 281 g/mol. The quantitative estimate of drug-likeness (QED) is 0.732. The van der Waals surface area contributed by atoms with E-state index < -0.39 is 0 Å². The molecule has 1 aliphatic carbocycles. The Morgan fingerprint density at radius 2 is 2.11 bits per heavy atom. The number of imidazole rings is 1. The van der Waals surface area contributed by atoms with E-state index in [2.05, 4.69) is 29.5 Å². The van der Waals surface area contributed by atoms with Gasteiger partial charge in [-0.2, -0.15) is 0 Å². The number of hydrogen-bond donors (Lipinski definition) is 1. The monoisotopic (exact) mass is 280 g/mol. The van der Waals surface area contributed by atoms with Crippen LogP contribution >= 0.6 is 23.8 Å². The third-order valence-corrected chi connectivity index (χ3v) is 5.07. The van der Waals surface area contributed by atoms with Crippen molar-refractivity contribution in [2.24, 2.45) is 11.8 Å². The third-order valence-electron chi connectivity index (χ3n) is 4.46. The first kappa shape index (κ1) is 12.2. The molecule has 2 aromatic rings. The van der Waals surface area contributed by atoms with Crippen LogP contribution in [-0.4, -0.2) is 9.55 Å². The Morgan fingerprint density at radius 1 is 1.33 bits per heavy atom. The number of halogens is 1. The Labute approximate surface area is 117 Å². The van der Waals surface area contributed by atoms with Crippen LogP contribution in [0.3, 0.4) is 0 Å². The molecule has 0 aliphatic heterocycles. The summed E-state index contributed by atoms with van der Waals surface area (Å²) in [5.74, 6) is 1.43. The van der Waals surface area contributed by atoms with Gasteiger partial charge in [-0.1, -0.05) is 31.5 Å². The number of benzene rings is 1.